The molecule has 3 aromatic rings. The summed E-state index contributed by atoms with van der Waals surface area (Å²) in [5.74, 6) is 1.43. The Hall–Kier alpha value is -3.26. The predicted octanol–water partition coefficient (Wildman–Crippen LogP) is 2.04. The van der Waals surface area contributed by atoms with E-state index in [9.17, 15) is 4.79 Å². The molecule has 8 heteroatoms. The fraction of sp³-hybridized carbons (Fsp3) is 0.333. The average Bonchev–Trinajstić information content (AvgIpc) is 3.23. The molecule has 3 heterocycles. The highest BCUT2D eigenvalue weighted by molar-refractivity contribution is 5.91. The molecule has 1 aliphatic heterocycles. The summed E-state index contributed by atoms with van der Waals surface area (Å²) in [4.78, 5) is 25.5. The molecule has 2 aromatic heterocycles. The van der Waals surface area contributed by atoms with E-state index in [1.54, 1.807) is 18.6 Å². The van der Waals surface area contributed by atoms with E-state index in [1.165, 1.54) is 0 Å². The van der Waals surface area contributed by atoms with Gasteiger partial charge in [-0.2, -0.15) is 5.10 Å². The third-order valence-corrected chi connectivity index (χ3v) is 5.16. The van der Waals surface area contributed by atoms with Crippen LogP contribution in [0.3, 0.4) is 0 Å². The normalized spacial score (nSPS) is 15.8. The van der Waals surface area contributed by atoms with Crippen LogP contribution in [0.2, 0.25) is 0 Å². The molecular weight excluding hydrogens is 366 g/mol. The summed E-state index contributed by atoms with van der Waals surface area (Å²) in [6.45, 7) is 5.63. The van der Waals surface area contributed by atoms with Crippen molar-refractivity contribution in [2.75, 3.05) is 42.9 Å². The van der Waals surface area contributed by atoms with Gasteiger partial charge in [-0.15, -0.1) is 0 Å². The topological polar surface area (TPSA) is 79.2 Å². The number of carbonyl (C=O) groups is 1. The number of aromatic nitrogens is 4. The average molecular weight is 391 g/mol. The van der Waals surface area contributed by atoms with Gasteiger partial charge in [0.25, 0.3) is 0 Å². The van der Waals surface area contributed by atoms with E-state index in [2.05, 4.69) is 49.2 Å². The molecule has 1 unspecified atom stereocenters. The van der Waals surface area contributed by atoms with Crippen LogP contribution in [0.1, 0.15) is 18.5 Å². The van der Waals surface area contributed by atoms with Crippen molar-refractivity contribution < 1.29 is 4.79 Å². The molecule has 0 saturated carbocycles. The van der Waals surface area contributed by atoms with Crippen LogP contribution in [0.4, 0.5) is 11.8 Å². The van der Waals surface area contributed by atoms with Gasteiger partial charge in [0.2, 0.25) is 11.9 Å². The SMILES string of the molecule is CC(c1ccccc1)n1nccc1NC(=O)CN1CCN(c2ncccn2)CC1. The van der Waals surface area contributed by atoms with Crippen molar-refractivity contribution in [1.82, 2.24) is 24.6 Å². The first-order valence-electron chi connectivity index (χ1n) is 9.83. The van der Waals surface area contributed by atoms with E-state index in [0.29, 0.717) is 12.4 Å². The van der Waals surface area contributed by atoms with Gasteiger partial charge < -0.3 is 10.2 Å². The van der Waals surface area contributed by atoms with Crippen molar-refractivity contribution in [3.63, 3.8) is 0 Å². The number of hydrogen-bond donors (Lipinski definition) is 1. The van der Waals surface area contributed by atoms with Crippen LogP contribution in [-0.2, 0) is 4.79 Å². The molecule has 4 rings (SSSR count). The zero-order valence-corrected chi connectivity index (χ0v) is 16.5. The molecule has 29 heavy (non-hydrogen) atoms. The summed E-state index contributed by atoms with van der Waals surface area (Å²) < 4.78 is 1.85. The van der Waals surface area contributed by atoms with Crippen LogP contribution < -0.4 is 10.2 Å². The molecule has 150 valence electrons. The summed E-state index contributed by atoms with van der Waals surface area (Å²) in [5.41, 5.74) is 1.14. The first-order chi connectivity index (χ1) is 14.2. The maximum absolute atomic E-state index is 12.6. The van der Waals surface area contributed by atoms with Gasteiger partial charge in [-0.3, -0.25) is 9.69 Å². The fourth-order valence-electron chi connectivity index (χ4n) is 3.54. The van der Waals surface area contributed by atoms with Crippen LogP contribution in [0.5, 0.6) is 0 Å². The summed E-state index contributed by atoms with van der Waals surface area (Å²) in [6.07, 6.45) is 5.22. The Morgan fingerprint density at radius 1 is 1.00 bits per heavy atom. The minimum absolute atomic E-state index is 0.0311. The maximum Gasteiger partial charge on any atom is 0.239 e. The molecule has 0 aliphatic carbocycles. The van der Waals surface area contributed by atoms with Gasteiger partial charge in [0.1, 0.15) is 5.82 Å². The van der Waals surface area contributed by atoms with Crippen molar-refractivity contribution in [3.8, 4) is 0 Å². The lowest BCUT2D eigenvalue weighted by Gasteiger charge is -2.34. The summed E-state index contributed by atoms with van der Waals surface area (Å²) >= 11 is 0. The van der Waals surface area contributed by atoms with Crippen molar-refractivity contribution >= 4 is 17.7 Å². The summed E-state index contributed by atoms with van der Waals surface area (Å²) in [7, 11) is 0. The number of piperazine rings is 1. The molecule has 1 aliphatic rings. The second-order valence-corrected chi connectivity index (χ2v) is 7.11. The lowest BCUT2D eigenvalue weighted by molar-refractivity contribution is -0.117. The monoisotopic (exact) mass is 391 g/mol. The zero-order chi connectivity index (χ0) is 20.1. The predicted molar refractivity (Wildman–Crippen MR) is 112 cm³/mol. The maximum atomic E-state index is 12.6. The molecule has 1 atom stereocenters. The van der Waals surface area contributed by atoms with Crippen LogP contribution in [0.15, 0.2) is 61.1 Å². The minimum atomic E-state index is -0.0311. The number of nitrogens with one attached hydrogen (secondary N) is 1. The van der Waals surface area contributed by atoms with Crippen LogP contribution in [0, 0.1) is 0 Å². The Bertz CT molecular complexity index is 920. The van der Waals surface area contributed by atoms with Crippen molar-refractivity contribution in [2.24, 2.45) is 0 Å². The smallest absolute Gasteiger partial charge is 0.239 e. The highest BCUT2D eigenvalue weighted by atomic mass is 16.2. The number of hydrogen-bond acceptors (Lipinski definition) is 6. The van der Waals surface area contributed by atoms with Gasteiger partial charge in [0.15, 0.2) is 0 Å². The first kappa shape index (κ1) is 19.1. The molecule has 1 amide bonds. The largest absolute Gasteiger partial charge is 0.338 e. The van der Waals surface area contributed by atoms with E-state index in [-0.39, 0.29) is 11.9 Å². The Kier molecular flexibility index (Phi) is 5.81. The first-order valence-corrected chi connectivity index (χ1v) is 9.83. The Balaban J connectivity index is 1.32. The molecule has 0 bridgehead atoms. The number of benzene rings is 1. The number of amides is 1. The third-order valence-electron chi connectivity index (χ3n) is 5.16. The molecule has 1 N–H and O–H groups in total. The van der Waals surface area contributed by atoms with Crippen molar-refractivity contribution in [3.05, 3.63) is 66.6 Å². The van der Waals surface area contributed by atoms with E-state index in [0.717, 1.165) is 37.7 Å². The van der Waals surface area contributed by atoms with E-state index in [1.807, 2.05) is 35.0 Å². The van der Waals surface area contributed by atoms with Crippen LogP contribution >= 0.6 is 0 Å². The van der Waals surface area contributed by atoms with E-state index < -0.39 is 0 Å². The van der Waals surface area contributed by atoms with Crippen molar-refractivity contribution in [1.29, 1.82) is 0 Å². The molecule has 0 radical (unpaired) electrons. The lowest BCUT2D eigenvalue weighted by Crippen LogP contribution is -2.49. The van der Waals surface area contributed by atoms with Gasteiger partial charge in [-0.25, -0.2) is 14.6 Å². The fourth-order valence-corrected chi connectivity index (χ4v) is 3.54. The highest BCUT2D eigenvalue weighted by Crippen LogP contribution is 2.21. The molecule has 1 aromatic carbocycles. The van der Waals surface area contributed by atoms with Crippen LogP contribution in [-0.4, -0.2) is 63.3 Å². The molecular formula is C21H25N7O. The molecule has 1 fully saturated rings. The Morgan fingerprint density at radius 3 is 2.45 bits per heavy atom. The molecule has 8 nitrogen and oxygen atoms in total. The second-order valence-electron chi connectivity index (χ2n) is 7.11. The van der Waals surface area contributed by atoms with Gasteiger partial charge in [0, 0.05) is 44.6 Å². The summed E-state index contributed by atoms with van der Waals surface area (Å²) in [6, 6.07) is 13.8. The van der Waals surface area contributed by atoms with E-state index in [4.69, 9.17) is 0 Å². The molecule has 1 saturated heterocycles. The van der Waals surface area contributed by atoms with Gasteiger partial charge in [-0.05, 0) is 18.6 Å². The second kappa shape index (κ2) is 8.83. The van der Waals surface area contributed by atoms with E-state index >= 15 is 0 Å². The Labute approximate surface area is 170 Å². The summed E-state index contributed by atoms with van der Waals surface area (Å²) in [5, 5.41) is 7.42. The van der Waals surface area contributed by atoms with Gasteiger partial charge in [0.05, 0.1) is 18.8 Å². The zero-order valence-electron chi connectivity index (χ0n) is 16.5. The van der Waals surface area contributed by atoms with Gasteiger partial charge in [-0.1, -0.05) is 30.3 Å². The number of carbonyl (C=O) groups excluding carboxylic acids is 1. The third kappa shape index (κ3) is 4.60. The minimum Gasteiger partial charge on any atom is -0.338 e. The molecule has 0 spiro atoms. The van der Waals surface area contributed by atoms with Crippen LogP contribution in [0.25, 0.3) is 0 Å². The standard InChI is InChI=1S/C21H25N7O/c1-17(18-6-3-2-4-7-18)28-19(8-11-24-28)25-20(29)16-26-12-14-27(15-13-26)21-22-9-5-10-23-21/h2-11,17H,12-16H2,1H3,(H,25,29). The lowest BCUT2D eigenvalue weighted by atomic mass is 10.1. The highest BCUT2D eigenvalue weighted by Gasteiger charge is 2.21. The number of nitrogens with zero attached hydrogens (tertiary/aromatic N) is 6. The number of anilines is 2. The van der Waals surface area contributed by atoms with Gasteiger partial charge >= 0.3 is 0 Å². The number of rotatable bonds is 6. The van der Waals surface area contributed by atoms with Crippen molar-refractivity contribution in [2.45, 2.75) is 13.0 Å². The Morgan fingerprint density at radius 2 is 1.72 bits per heavy atom. The quantitative estimate of drug-likeness (QED) is 0.693.